The molecule has 0 atom stereocenters. The van der Waals surface area contributed by atoms with Crippen LogP contribution in [0.2, 0.25) is 5.02 Å². The standard InChI is InChI=1S/C17H10ClF2N3O2/c1-24-14-6-12-9(4-8(14)7-21)13(2-3-23-12)25-17-10(19)5-11(22)15(18)16(17)20/h2-6H,22H2,1H3. The summed E-state index contributed by atoms with van der Waals surface area (Å²) in [6.07, 6.45) is 1.40. The highest BCUT2D eigenvalue weighted by Crippen LogP contribution is 2.38. The number of pyridine rings is 1. The number of nitriles is 1. The third-order valence-electron chi connectivity index (χ3n) is 3.50. The van der Waals surface area contributed by atoms with E-state index in [0.717, 1.165) is 6.07 Å². The molecule has 0 radical (unpaired) electrons. The molecule has 2 aromatic carbocycles. The SMILES string of the molecule is COc1cc2nccc(Oc3c(F)cc(N)c(Cl)c3F)c2cc1C#N. The molecule has 0 fully saturated rings. The van der Waals surface area contributed by atoms with Gasteiger partial charge in [0.2, 0.25) is 0 Å². The van der Waals surface area contributed by atoms with E-state index in [0.29, 0.717) is 16.7 Å². The van der Waals surface area contributed by atoms with Crippen LogP contribution in [-0.2, 0) is 0 Å². The summed E-state index contributed by atoms with van der Waals surface area (Å²) in [5.41, 5.74) is 5.83. The molecule has 0 spiro atoms. The number of aromatic nitrogens is 1. The normalized spacial score (nSPS) is 10.5. The molecule has 1 aromatic heterocycles. The highest BCUT2D eigenvalue weighted by atomic mass is 35.5. The number of halogens is 3. The van der Waals surface area contributed by atoms with Crippen LogP contribution in [0.15, 0.2) is 30.5 Å². The van der Waals surface area contributed by atoms with Gasteiger partial charge in [-0.25, -0.2) is 8.78 Å². The van der Waals surface area contributed by atoms with E-state index in [-0.39, 0.29) is 17.0 Å². The zero-order valence-corrected chi connectivity index (χ0v) is 13.6. The highest BCUT2D eigenvalue weighted by Gasteiger charge is 2.20. The molecular weight excluding hydrogens is 352 g/mol. The van der Waals surface area contributed by atoms with Crippen molar-refractivity contribution in [2.45, 2.75) is 0 Å². The van der Waals surface area contributed by atoms with Gasteiger partial charge in [-0.3, -0.25) is 4.98 Å². The number of nitrogen functional groups attached to an aromatic ring is 1. The molecule has 0 aliphatic carbocycles. The van der Waals surface area contributed by atoms with E-state index in [1.807, 2.05) is 6.07 Å². The summed E-state index contributed by atoms with van der Waals surface area (Å²) in [5.74, 6) is -2.38. The molecule has 25 heavy (non-hydrogen) atoms. The van der Waals surface area contributed by atoms with Crippen molar-refractivity contribution in [1.29, 1.82) is 5.26 Å². The number of anilines is 1. The van der Waals surface area contributed by atoms with E-state index in [9.17, 15) is 14.0 Å². The van der Waals surface area contributed by atoms with E-state index in [1.165, 1.54) is 31.5 Å². The van der Waals surface area contributed by atoms with Gasteiger partial charge in [0.05, 0.1) is 23.9 Å². The Bertz CT molecular complexity index is 1030. The number of nitrogens with zero attached hydrogens (tertiary/aromatic N) is 2. The van der Waals surface area contributed by atoms with Crippen LogP contribution in [0.5, 0.6) is 17.2 Å². The van der Waals surface area contributed by atoms with Gasteiger partial charge < -0.3 is 15.2 Å². The van der Waals surface area contributed by atoms with Gasteiger partial charge in [-0.15, -0.1) is 0 Å². The molecule has 1 heterocycles. The summed E-state index contributed by atoms with van der Waals surface area (Å²) in [6.45, 7) is 0. The summed E-state index contributed by atoms with van der Waals surface area (Å²) in [7, 11) is 1.42. The van der Waals surface area contributed by atoms with Crippen LogP contribution in [0.3, 0.4) is 0 Å². The molecule has 0 aliphatic rings. The van der Waals surface area contributed by atoms with Crippen molar-refractivity contribution in [2.24, 2.45) is 0 Å². The van der Waals surface area contributed by atoms with Gasteiger partial charge in [0.25, 0.3) is 0 Å². The number of nitrogens with two attached hydrogens (primary N) is 1. The lowest BCUT2D eigenvalue weighted by Gasteiger charge is -2.13. The molecular formula is C17H10ClF2N3O2. The van der Waals surface area contributed by atoms with Crippen molar-refractivity contribution in [2.75, 3.05) is 12.8 Å². The number of hydrogen-bond acceptors (Lipinski definition) is 5. The minimum absolute atomic E-state index is 0.0998. The Morgan fingerprint density at radius 1 is 1.24 bits per heavy atom. The van der Waals surface area contributed by atoms with Gasteiger partial charge in [0.15, 0.2) is 17.4 Å². The molecule has 0 aliphatic heterocycles. The maximum atomic E-state index is 14.2. The first-order chi connectivity index (χ1) is 12.0. The van der Waals surface area contributed by atoms with Crippen molar-refractivity contribution < 1.29 is 18.3 Å². The second-order valence-electron chi connectivity index (χ2n) is 5.00. The maximum Gasteiger partial charge on any atom is 0.200 e. The fourth-order valence-corrected chi connectivity index (χ4v) is 2.43. The minimum atomic E-state index is -1.11. The number of ether oxygens (including phenoxy) is 2. The molecule has 0 amide bonds. The first-order valence-electron chi connectivity index (χ1n) is 6.94. The van der Waals surface area contributed by atoms with Crippen LogP contribution in [0.25, 0.3) is 10.9 Å². The van der Waals surface area contributed by atoms with Crippen LogP contribution in [0.1, 0.15) is 5.56 Å². The van der Waals surface area contributed by atoms with Crippen LogP contribution >= 0.6 is 11.6 Å². The average molecular weight is 362 g/mol. The average Bonchev–Trinajstić information content (AvgIpc) is 2.62. The largest absolute Gasteiger partial charge is 0.495 e. The Morgan fingerprint density at radius 2 is 2.00 bits per heavy atom. The summed E-state index contributed by atoms with van der Waals surface area (Å²) < 4.78 is 38.8. The molecule has 3 aromatic rings. The lowest BCUT2D eigenvalue weighted by molar-refractivity contribution is 0.410. The predicted molar refractivity (Wildman–Crippen MR) is 88.9 cm³/mol. The van der Waals surface area contributed by atoms with Crippen LogP contribution < -0.4 is 15.2 Å². The Balaban J connectivity index is 2.18. The molecule has 5 nitrogen and oxygen atoms in total. The first kappa shape index (κ1) is 16.7. The Kier molecular flexibility index (Phi) is 4.30. The fourth-order valence-electron chi connectivity index (χ4n) is 2.29. The smallest absolute Gasteiger partial charge is 0.200 e. The van der Waals surface area contributed by atoms with Crippen molar-refractivity contribution >= 4 is 28.2 Å². The molecule has 126 valence electrons. The van der Waals surface area contributed by atoms with Gasteiger partial charge in [0.1, 0.15) is 22.6 Å². The molecule has 0 bridgehead atoms. The van der Waals surface area contributed by atoms with E-state index in [4.69, 9.17) is 26.8 Å². The van der Waals surface area contributed by atoms with E-state index >= 15 is 0 Å². The van der Waals surface area contributed by atoms with Crippen molar-refractivity contribution in [3.05, 3.63) is 52.7 Å². The lowest BCUT2D eigenvalue weighted by atomic mass is 10.1. The topological polar surface area (TPSA) is 81.2 Å². The Morgan fingerprint density at radius 3 is 2.68 bits per heavy atom. The van der Waals surface area contributed by atoms with Crippen LogP contribution in [0.4, 0.5) is 14.5 Å². The molecule has 0 unspecified atom stereocenters. The van der Waals surface area contributed by atoms with Gasteiger partial charge in [-0.05, 0) is 12.1 Å². The molecule has 0 saturated heterocycles. The Hall–Kier alpha value is -3.11. The summed E-state index contributed by atoms with van der Waals surface area (Å²) in [4.78, 5) is 4.14. The summed E-state index contributed by atoms with van der Waals surface area (Å²) >= 11 is 5.71. The third-order valence-corrected chi connectivity index (χ3v) is 3.88. The number of hydrogen-bond donors (Lipinski definition) is 1. The predicted octanol–water partition coefficient (Wildman–Crippen LogP) is 4.42. The van der Waals surface area contributed by atoms with Gasteiger partial charge in [-0.1, -0.05) is 11.6 Å². The number of rotatable bonds is 3. The molecule has 8 heteroatoms. The van der Waals surface area contributed by atoms with Crippen molar-refractivity contribution in [1.82, 2.24) is 4.98 Å². The van der Waals surface area contributed by atoms with Crippen molar-refractivity contribution in [3.63, 3.8) is 0 Å². The number of benzene rings is 2. The fraction of sp³-hybridized carbons (Fsp3) is 0.0588. The van der Waals surface area contributed by atoms with E-state index in [2.05, 4.69) is 4.98 Å². The summed E-state index contributed by atoms with van der Waals surface area (Å²) in [6, 6.07) is 7.25. The molecule has 2 N–H and O–H groups in total. The van der Waals surface area contributed by atoms with Crippen LogP contribution in [0, 0.1) is 23.0 Å². The second-order valence-corrected chi connectivity index (χ2v) is 5.38. The van der Waals surface area contributed by atoms with Gasteiger partial charge in [0, 0.05) is 23.7 Å². The van der Waals surface area contributed by atoms with E-state index in [1.54, 1.807) is 0 Å². The zero-order valence-electron chi connectivity index (χ0n) is 12.8. The van der Waals surface area contributed by atoms with Gasteiger partial charge >= 0.3 is 0 Å². The molecule has 0 saturated carbocycles. The Labute approximate surface area is 146 Å². The minimum Gasteiger partial charge on any atom is -0.495 e. The lowest BCUT2D eigenvalue weighted by Crippen LogP contribution is -1.99. The van der Waals surface area contributed by atoms with Crippen LogP contribution in [-0.4, -0.2) is 12.1 Å². The third kappa shape index (κ3) is 2.88. The quantitative estimate of drug-likeness (QED) is 0.551. The van der Waals surface area contributed by atoms with E-state index < -0.39 is 22.4 Å². The summed E-state index contributed by atoms with van der Waals surface area (Å²) in [5, 5.41) is 9.15. The monoisotopic (exact) mass is 361 g/mol. The maximum absolute atomic E-state index is 14.2. The second kappa shape index (κ2) is 6.42. The van der Waals surface area contributed by atoms with Gasteiger partial charge in [-0.2, -0.15) is 5.26 Å². The highest BCUT2D eigenvalue weighted by molar-refractivity contribution is 6.33. The number of methoxy groups -OCH3 is 1. The first-order valence-corrected chi connectivity index (χ1v) is 7.31. The van der Waals surface area contributed by atoms with Crippen molar-refractivity contribution in [3.8, 4) is 23.3 Å². The molecule has 3 rings (SSSR count). The number of fused-ring (bicyclic) bond motifs is 1. The zero-order chi connectivity index (χ0) is 18.1.